The Morgan fingerprint density at radius 1 is 1.11 bits per heavy atom. The molecule has 1 fully saturated rings. The number of ether oxygens (including phenoxy) is 1. The van der Waals surface area contributed by atoms with Crippen molar-refractivity contribution in [2.45, 2.75) is 37.6 Å². The minimum absolute atomic E-state index is 0.0118. The summed E-state index contributed by atoms with van der Waals surface area (Å²) in [5.41, 5.74) is -0.340. The SMILES string of the molecule is Cn1ncc2c(-c3ccc(C(F)(F)F)cc3F)nc(C3=C[C@H](c4cnn(C5CC5)c4)OCC3)nc2c1=O. The second-order valence-electron chi connectivity index (χ2n) is 9.14. The lowest BCUT2D eigenvalue weighted by atomic mass is 10.0. The van der Waals surface area contributed by atoms with Crippen LogP contribution in [0.15, 0.2) is 47.7 Å². The van der Waals surface area contributed by atoms with Crippen molar-refractivity contribution in [1.82, 2.24) is 29.5 Å². The van der Waals surface area contributed by atoms with Crippen molar-refractivity contribution >= 4 is 16.5 Å². The minimum Gasteiger partial charge on any atom is -0.369 e. The molecular formula is C25H20F4N6O2. The maximum absolute atomic E-state index is 15.0. The van der Waals surface area contributed by atoms with E-state index in [4.69, 9.17) is 4.74 Å². The van der Waals surface area contributed by atoms with Gasteiger partial charge in [0.1, 0.15) is 17.4 Å². The van der Waals surface area contributed by atoms with Gasteiger partial charge in [0.15, 0.2) is 5.82 Å². The van der Waals surface area contributed by atoms with Crippen molar-refractivity contribution in [3.8, 4) is 11.3 Å². The van der Waals surface area contributed by atoms with E-state index < -0.39 is 29.2 Å². The fraction of sp³-hybridized carbons (Fsp3) is 0.320. The first-order valence-corrected chi connectivity index (χ1v) is 11.7. The zero-order chi connectivity index (χ0) is 25.9. The Bertz CT molecular complexity index is 1620. The molecule has 0 N–H and O–H groups in total. The topological polar surface area (TPSA) is 87.7 Å². The van der Waals surface area contributed by atoms with E-state index in [0.29, 0.717) is 30.7 Å². The third kappa shape index (κ3) is 4.31. The summed E-state index contributed by atoms with van der Waals surface area (Å²) in [7, 11) is 1.45. The second kappa shape index (κ2) is 8.58. The van der Waals surface area contributed by atoms with Gasteiger partial charge in [-0.2, -0.15) is 23.4 Å². The molecule has 37 heavy (non-hydrogen) atoms. The van der Waals surface area contributed by atoms with Crippen LogP contribution in [0.3, 0.4) is 0 Å². The quantitative estimate of drug-likeness (QED) is 0.371. The predicted octanol–water partition coefficient (Wildman–Crippen LogP) is 4.62. The summed E-state index contributed by atoms with van der Waals surface area (Å²) >= 11 is 0. The van der Waals surface area contributed by atoms with Gasteiger partial charge >= 0.3 is 6.18 Å². The van der Waals surface area contributed by atoms with Crippen LogP contribution in [-0.2, 0) is 18.0 Å². The highest BCUT2D eigenvalue weighted by molar-refractivity contribution is 5.92. The van der Waals surface area contributed by atoms with Crippen LogP contribution >= 0.6 is 0 Å². The smallest absolute Gasteiger partial charge is 0.369 e. The van der Waals surface area contributed by atoms with E-state index in [1.165, 1.54) is 13.2 Å². The highest BCUT2D eigenvalue weighted by Gasteiger charge is 2.32. The van der Waals surface area contributed by atoms with Crippen LogP contribution in [-0.4, -0.2) is 36.1 Å². The van der Waals surface area contributed by atoms with Crippen LogP contribution in [0.4, 0.5) is 17.6 Å². The average molecular weight is 512 g/mol. The van der Waals surface area contributed by atoms with Gasteiger partial charge in [0.2, 0.25) is 0 Å². The molecular weight excluding hydrogens is 492 g/mol. The molecule has 4 heterocycles. The van der Waals surface area contributed by atoms with Gasteiger partial charge in [-0.25, -0.2) is 19.0 Å². The molecule has 1 atom stereocenters. The molecule has 190 valence electrons. The Hall–Kier alpha value is -3.93. The molecule has 4 aromatic rings. The standard InChI is InChI=1S/C25H20F4N6O2/c1-34-24(36)22-18(11-30-34)21(17-5-2-15(9-19(17)26)25(27,28)29)32-23(33-22)13-6-7-37-20(8-13)14-10-31-35(12-14)16-3-4-16/h2,5,8-12,16,20H,3-4,6-7H2,1H3/t20-/m1/s1. The van der Waals surface area contributed by atoms with E-state index in [2.05, 4.69) is 20.2 Å². The summed E-state index contributed by atoms with van der Waals surface area (Å²) in [4.78, 5) is 21.9. The molecule has 1 aromatic carbocycles. The second-order valence-corrected chi connectivity index (χ2v) is 9.14. The molecule has 1 saturated carbocycles. The number of alkyl halides is 3. The third-order valence-electron chi connectivity index (χ3n) is 6.53. The summed E-state index contributed by atoms with van der Waals surface area (Å²) in [6.45, 7) is 0.352. The molecule has 12 heteroatoms. The monoisotopic (exact) mass is 512 g/mol. The lowest BCUT2D eigenvalue weighted by molar-refractivity contribution is -0.137. The third-order valence-corrected chi connectivity index (χ3v) is 6.53. The minimum atomic E-state index is -4.70. The number of hydrogen-bond donors (Lipinski definition) is 0. The summed E-state index contributed by atoms with van der Waals surface area (Å²) in [6, 6.07) is 2.62. The molecule has 1 aliphatic heterocycles. The van der Waals surface area contributed by atoms with Crippen LogP contribution < -0.4 is 5.56 Å². The number of halogens is 4. The molecule has 0 spiro atoms. The van der Waals surface area contributed by atoms with Crippen LogP contribution in [0.5, 0.6) is 0 Å². The average Bonchev–Trinajstić information content (AvgIpc) is 3.61. The number of hydrogen-bond acceptors (Lipinski definition) is 6. The number of rotatable bonds is 4. The van der Waals surface area contributed by atoms with E-state index in [9.17, 15) is 22.4 Å². The summed E-state index contributed by atoms with van der Waals surface area (Å²) in [5.74, 6) is -0.944. The first-order chi connectivity index (χ1) is 17.7. The molecule has 0 radical (unpaired) electrons. The predicted molar refractivity (Wildman–Crippen MR) is 125 cm³/mol. The van der Waals surface area contributed by atoms with E-state index in [0.717, 1.165) is 35.2 Å². The van der Waals surface area contributed by atoms with E-state index in [-0.39, 0.29) is 28.0 Å². The van der Waals surface area contributed by atoms with Gasteiger partial charge in [-0.15, -0.1) is 0 Å². The molecule has 0 saturated heterocycles. The molecule has 3 aromatic heterocycles. The van der Waals surface area contributed by atoms with E-state index >= 15 is 0 Å². The first-order valence-electron chi connectivity index (χ1n) is 11.7. The van der Waals surface area contributed by atoms with Gasteiger partial charge in [0.25, 0.3) is 5.56 Å². The summed E-state index contributed by atoms with van der Waals surface area (Å²) in [5, 5.41) is 8.52. The van der Waals surface area contributed by atoms with Gasteiger partial charge in [0, 0.05) is 24.4 Å². The molecule has 6 rings (SSSR count). The summed E-state index contributed by atoms with van der Waals surface area (Å²) < 4.78 is 63.2. The maximum atomic E-state index is 15.0. The fourth-order valence-electron chi connectivity index (χ4n) is 4.36. The van der Waals surface area contributed by atoms with E-state index in [1.54, 1.807) is 6.20 Å². The van der Waals surface area contributed by atoms with Gasteiger partial charge < -0.3 is 4.74 Å². The molecule has 0 bridgehead atoms. The van der Waals surface area contributed by atoms with Crippen LogP contribution in [0.2, 0.25) is 0 Å². The Kier molecular flexibility index (Phi) is 5.44. The molecule has 2 aliphatic rings. The van der Waals surface area contributed by atoms with Gasteiger partial charge in [-0.3, -0.25) is 9.48 Å². The lowest BCUT2D eigenvalue weighted by Crippen LogP contribution is -2.21. The molecule has 0 amide bonds. The number of aromatic nitrogens is 6. The Labute approximate surface area is 207 Å². The Balaban J connectivity index is 1.49. The van der Waals surface area contributed by atoms with Crippen molar-refractivity contribution in [2.24, 2.45) is 7.05 Å². The highest BCUT2D eigenvalue weighted by atomic mass is 19.4. The normalized spacial score (nSPS) is 18.3. The van der Waals surface area contributed by atoms with Crippen LogP contribution in [0.25, 0.3) is 27.7 Å². The lowest BCUT2D eigenvalue weighted by Gasteiger charge is -2.21. The summed E-state index contributed by atoms with van der Waals surface area (Å²) in [6.07, 6.45) is 4.31. The van der Waals surface area contributed by atoms with Crippen LogP contribution in [0, 0.1) is 5.82 Å². The van der Waals surface area contributed by atoms with Crippen molar-refractivity contribution in [2.75, 3.05) is 6.61 Å². The van der Waals surface area contributed by atoms with Crippen molar-refractivity contribution in [3.05, 3.63) is 76.0 Å². The fourth-order valence-corrected chi connectivity index (χ4v) is 4.36. The Morgan fingerprint density at radius 3 is 2.65 bits per heavy atom. The van der Waals surface area contributed by atoms with Gasteiger partial charge in [0.05, 0.1) is 41.7 Å². The van der Waals surface area contributed by atoms with Crippen molar-refractivity contribution in [3.63, 3.8) is 0 Å². The maximum Gasteiger partial charge on any atom is 0.416 e. The number of fused-ring (bicyclic) bond motifs is 1. The zero-order valence-corrected chi connectivity index (χ0v) is 19.5. The van der Waals surface area contributed by atoms with Gasteiger partial charge in [-0.1, -0.05) is 0 Å². The van der Waals surface area contributed by atoms with Crippen molar-refractivity contribution < 1.29 is 22.3 Å². The molecule has 8 nitrogen and oxygen atoms in total. The van der Waals surface area contributed by atoms with Crippen LogP contribution in [0.1, 0.15) is 48.4 Å². The molecule has 1 aliphatic carbocycles. The van der Waals surface area contributed by atoms with E-state index in [1.807, 2.05) is 17.0 Å². The Morgan fingerprint density at radius 2 is 1.92 bits per heavy atom. The number of aryl methyl sites for hydroxylation is 1. The highest BCUT2D eigenvalue weighted by Crippen LogP contribution is 2.37. The number of nitrogens with zero attached hydrogens (tertiary/aromatic N) is 6. The van der Waals surface area contributed by atoms with Gasteiger partial charge in [-0.05, 0) is 49.1 Å². The van der Waals surface area contributed by atoms with Crippen molar-refractivity contribution in [1.29, 1.82) is 0 Å². The largest absolute Gasteiger partial charge is 0.416 e. The molecule has 0 unspecified atom stereocenters. The zero-order valence-electron chi connectivity index (χ0n) is 19.5. The number of benzene rings is 1. The first kappa shape index (κ1) is 23.5.